The van der Waals surface area contributed by atoms with E-state index in [4.69, 9.17) is 0 Å². The minimum absolute atomic E-state index is 0.205. The third-order valence-corrected chi connectivity index (χ3v) is 3.18. The monoisotopic (exact) mass is 204 g/mol. The fourth-order valence-corrected chi connectivity index (χ4v) is 1.78. The summed E-state index contributed by atoms with van der Waals surface area (Å²) in [5.41, 5.74) is 2.59. The van der Waals surface area contributed by atoms with Gasteiger partial charge in [-0.2, -0.15) is 0 Å². The van der Waals surface area contributed by atoms with E-state index in [0.29, 0.717) is 0 Å². The summed E-state index contributed by atoms with van der Waals surface area (Å²) < 4.78 is 0. The Bertz CT molecular complexity index is 408. The van der Waals surface area contributed by atoms with Crippen LogP contribution in [0.5, 0.6) is 0 Å². The lowest BCUT2D eigenvalue weighted by atomic mass is 9.77. The Morgan fingerprint density at radius 3 is 2.60 bits per heavy atom. The molecule has 80 valence electrons. The summed E-state index contributed by atoms with van der Waals surface area (Å²) in [6, 6.07) is 1.94. The molecular formula is C12H16N2O. The number of carbonyl (C=O) groups excluding carboxylic acids is 1. The third kappa shape index (κ3) is 1.67. The van der Waals surface area contributed by atoms with E-state index >= 15 is 0 Å². The van der Waals surface area contributed by atoms with Crippen molar-refractivity contribution in [2.24, 2.45) is 5.41 Å². The SMILES string of the molecule is Cc1cc(C(=O)C2(C)CNC2)cnc1C. The van der Waals surface area contributed by atoms with Gasteiger partial charge in [-0.15, -0.1) is 0 Å². The van der Waals surface area contributed by atoms with Crippen LogP contribution in [0.25, 0.3) is 0 Å². The van der Waals surface area contributed by atoms with Crippen LogP contribution in [0.4, 0.5) is 0 Å². The van der Waals surface area contributed by atoms with Gasteiger partial charge in [0.2, 0.25) is 0 Å². The number of hydrogen-bond acceptors (Lipinski definition) is 3. The molecule has 2 rings (SSSR count). The van der Waals surface area contributed by atoms with Gasteiger partial charge >= 0.3 is 0 Å². The van der Waals surface area contributed by atoms with Crippen LogP contribution < -0.4 is 5.32 Å². The first-order valence-electron chi connectivity index (χ1n) is 5.22. The van der Waals surface area contributed by atoms with Crippen molar-refractivity contribution in [1.29, 1.82) is 0 Å². The van der Waals surface area contributed by atoms with E-state index in [1.807, 2.05) is 26.8 Å². The van der Waals surface area contributed by atoms with Crippen molar-refractivity contribution < 1.29 is 4.79 Å². The van der Waals surface area contributed by atoms with Gasteiger partial charge in [0.15, 0.2) is 5.78 Å². The van der Waals surface area contributed by atoms with Gasteiger partial charge in [-0.05, 0) is 32.4 Å². The second kappa shape index (κ2) is 3.42. The van der Waals surface area contributed by atoms with Gasteiger partial charge in [-0.1, -0.05) is 0 Å². The predicted molar refractivity (Wildman–Crippen MR) is 59.0 cm³/mol. The first kappa shape index (κ1) is 10.3. The summed E-state index contributed by atoms with van der Waals surface area (Å²) in [6.45, 7) is 7.50. The third-order valence-electron chi connectivity index (χ3n) is 3.18. The molecule has 1 aliphatic heterocycles. The summed E-state index contributed by atoms with van der Waals surface area (Å²) in [7, 11) is 0. The molecule has 0 unspecified atom stereocenters. The number of ketones is 1. The fraction of sp³-hybridized carbons (Fsp3) is 0.500. The summed E-state index contributed by atoms with van der Waals surface area (Å²) in [6.07, 6.45) is 1.69. The minimum Gasteiger partial charge on any atom is -0.315 e. The van der Waals surface area contributed by atoms with Crippen molar-refractivity contribution in [3.8, 4) is 0 Å². The smallest absolute Gasteiger partial charge is 0.172 e. The second-order valence-electron chi connectivity index (χ2n) is 4.62. The zero-order chi connectivity index (χ0) is 11.1. The quantitative estimate of drug-likeness (QED) is 0.742. The molecule has 2 heterocycles. The van der Waals surface area contributed by atoms with Crippen LogP contribution in [-0.2, 0) is 0 Å². The first-order valence-corrected chi connectivity index (χ1v) is 5.22. The molecule has 0 bridgehead atoms. The Hall–Kier alpha value is -1.22. The van der Waals surface area contributed by atoms with Gasteiger partial charge in [0.25, 0.3) is 0 Å². The molecule has 0 saturated carbocycles. The van der Waals surface area contributed by atoms with Crippen LogP contribution in [0.15, 0.2) is 12.3 Å². The van der Waals surface area contributed by atoms with Crippen LogP contribution in [-0.4, -0.2) is 23.9 Å². The molecule has 1 aromatic heterocycles. The Morgan fingerprint density at radius 2 is 2.13 bits per heavy atom. The molecule has 1 saturated heterocycles. The number of pyridine rings is 1. The largest absolute Gasteiger partial charge is 0.315 e. The molecule has 15 heavy (non-hydrogen) atoms. The standard InChI is InChI=1S/C12H16N2O/c1-8-4-10(5-14-9(8)2)11(15)12(3)6-13-7-12/h4-5,13H,6-7H2,1-3H3. The maximum absolute atomic E-state index is 12.1. The highest BCUT2D eigenvalue weighted by atomic mass is 16.1. The minimum atomic E-state index is -0.219. The summed E-state index contributed by atoms with van der Waals surface area (Å²) in [5, 5.41) is 3.14. The number of rotatable bonds is 2. The van der Waals surface area contributed by atoms with Gasteiger partial charge < -0.3 is 5.32 Å². The van der Waals surface area contributed by atoms with E-state index in [2.05, 4.69) is 10.3 Å². The van der Waals surface area contributed by atoms with E-state index in [1.54, 1.807) is 6.20 Å². The number of carbonyl (C=O) groups is 1. The molecule has 0 atom stereocenters. The molecule has 1 aromatic rings. The van der Waals surface area contributed by atoms with Gasteiger partial charge in [-0.3, -0.25) is 9.78 Å². The average Bonchev–Trinajstić information content (AvgIpc) is 2.17. The molecule has 0 aliphatic carbocycles. The molecule has 1 fully saturated rings. The lowest BCUT2D eigenvalue weighted by molar-refractivity contribution is 0.0721. The zero-order valence-electron chi connectivity index (χ0n) is 9.42. The maximum atomic E-state index is 12.1. The maximum Gasteiger partial charge on any atom is 0.172 e. The normalized spacial score (nSPS) is 18.3. The van der Waals surface area contributed by atoms with Crippen LogP contribution in [0, 0.1) is 19.3 Å². The van der Waals surface area contributed by atoms with Gasteiger partial charge in [0, 0.05) is 30.5 Å². The Balaban J connectivity index is 2.30. The molecule has 0 spiro atoms. The Labute approximate surface area is 89.9 Å². The van der Waals surface area contributed by atoms with Crippen molar-refractivity contribution >= 4 is 5.78 Å². The number of aryl methyl sites for hydroxylation is 2. The fourth-order valence-electron chi connectivity index (χ4n) is 1.78. The van der Waals surface area contributed by atoms with E-state index in [1.165, 1.54) is 0 Å². The Kier molecular flexibility index (Phi) is 2.35. The van der Waals surface area contributed by atoms with Crippen molar-refractivity contribution in [2.75, 3.05) is 13.1 Å². The second-order valence-corrected chi connectivity index (χ2v) is 4.62. The van der Waals surface area contributed by atoms with Crippen molar-refractivity contribution in [2.45, 2.75) is 20.8 Å². The van der Waals surface area contributed by atoms with E-state index in [0.717, 1.165) is 29.9 Å². The highest BCUT2D eigenvalue weighted by Gasteiger charge is 2.39. The molecule has 0 radical (unpaired) electrons. The Morgan fingerprint density at radius 1 is 1.47 bits per heavy atom. The number of aromatic nitrogens is 1. The zero-order valence-corrected chi connectivity index (χ0v) is 9.42. The number of hydrogen-bond donors (Lipinski definition) is 1. The van der Waals surface area contributed by atoms with Crippen LogP contribution in [0.2, 0.25) is 0 Å². The highest BCUT2D eigenvalue weighted by molar-refractivity contribution is 6.01. The van der Waals surface area contributed by atoms with E-state index < -0.39 is 0 Å². The van der Waals surface area contributed by atoms with Gasteiger partial charge in [0.05, 0.1) is 5.41 Å². The van der Waals surface area contributed by atoms with E-state index in [-0.39, 0.29) is 11.2 Å². The lowest BCUT2D eigenvalue weighted by Gasteiger charge is -2.37. The van der Waals surface area contributed by atoms with Gasteiger partial charge in [0.1, 0.15) is 0 Å². The first-order chi connectivity index (χ1) is 7.03. The lowest BCUT2D eigenvalue weighted by Crippen LogP contribution is -2.56. The molecule has 3 heteroatoms. The highest BCUT2D eigenvalue weighted by Crippen LogP contribution is 2.26. The number of nitrogens with zero attached hydrogens (tertiary/aromatic N) is 1. The van der Waals surface area contributed by atoms with Crippen molar-refractivity contribution in [3.05, 3.63) is 29.1 Å². The molecule has 1 N–H and O–H groups in total. The number of nitrogens with one attached hydrogen (secondary N) is 1. The van der Waals surface area contributed by atoms with Gasteiger partial charge in [-0.25, -0.2) is 0 Å². The van der Waals surface area contributed by atoms with Crippen LogP contribution in [0.3, 0.4) is 0 Å². The van der Waals surface area contributed by atoms with Crippen LogP contribution >= 0.6 is 0 Å². The number of Topliss-reactive ketones (excluding diaryl/α,β-unsaturated/α-hetero) is 1. The molecule has 1 aliphatic rings. The van der Waals surface area contributed by atoms with E-state index in [9.17, 15) is 4.79 Å². The molecule has 0 amide bonds. The van der Waals surface area contributed by atoms with Crippen molar-refractivity contribution in [3.63, 3.8) is 0 Å². The topological polar surface area (TPSA) is 42.0 Å². The van der Waals surface area contributed by atoms with Crippen molar-refractivity contribution in [1.82, 2.24) is 10.3 Å². The predicted octanol–water partition coefficient (Wildman–Crippen LogP) is 1.49. The summed E-state index contributed by atoms with van der Waals surface area (Å²) in [5.74, 6) is 0.205. The van der Waals surface area contributed by atoms with Crippen LogP contribution in [0.1, 0.15) is 28.5 Å². The summed E-state index contributed by atoms with van der Waals surface area (Å²) >= 11 is 0. The molecular weight excluding hydrogens is 188 g/mol. The summed E-state index contributed by atoms with van der Waals surface area (Å²) in [4.78, 5) is 16.4. The average molecular weight is 204 g/mol. The molecule has 3 nitrogen and oxygen atoms in total. The molecule has 0 aromatic carbocycles.